The molecule has 4 rings (SSSR count). The zero-order valence-corrected chi connectivity index (χ0v) is 17.3. The van der Waals surface area contributed by atoms with Gasteiger partial charge in [0.25, 0.3) is 0 Å². The van der Waals surface area contributed by atoms with Crippen molar-refractivity contribution in [1.29, 1.82) is 0 Å². The number of halogens is 2. The predicted octanol–water partition coefficient (Wildman–Crippen LogP) is 3.66. The number of H-pyrrole nitrogens is 1. The standard InChI is InChI=1S/C22H20F2N4O4/c1-31-17-7-6-12(21(29)32-2)10-16(17)27-22(30)28-9-8-15-19(26-11-25-15)20(28)13-4-3-5-14(23)18(13)24/h3-7,10-11,20H,8-9H2,1-2H3,(H,25,26)(H,27,30)/t20-/m0/s1. The maximum atomic E-state index is 14.7. The molecular weight excluding hydrogens is 422 g/mol. The van der Waals surface area contributed by atoms with E-state index in [1.807, 2.05) is 0 Å². The third kappa shape index (κ3) is 3.75. The van der Waals surface area contributed by atoms with Crippen LogP contribution in [-0.4, -0.2) is 47.6 Å². The number of ether oxygens (including phenoxy) is 2. The van der Waals surface area contributed by atoms with Crippen LogP contribution in [0.4, 0.5) is 19.3 Å². The third-order valence-corrected chi connectivity index (χ3v) is 5.32. The zero-order valence-electron chi connectivity index (χ0n) is 17.3. The minimum atomic E-state index is -1.04. The van der Waals surface area contributed by atoms with Crippen molar-refractivity contribution in [2.24, 2.45) is 0 Å². The molecule has 166 valence electrons. The van der Waals surface area contributed by atoms with Crippen LogP contribution in [0.25, 0.3) is 0 Å². The molecule has 1 atom stereocenters. The Morgan fingerprint density at radius 2 is 2.03 bits per heavy atom. The summed E-state index contributed by atoms with van der Waals surface area (Å²) in [6.07, 6.45) is 1.91. The lowest BCUT2D eigenvalue weighted by Gasteiger charge is -2.35. The summed E-state index contributed by atoms with van der Waals surface area (Å²) in [5.74, 6) is -2.33. The zero-order chi connectivity index (χ0) is 22.8. The maximum Gasteiger partial charge on any atom is 0.337 e. The van der Waals surface area contributed by atoms with Crippen molar-refractivity contribution in [3.05, 3.63) is 76.9 Å². The van der Waals surface area contributed by atoms with Crippen LogP contribution in [-0.2, 0) is 11.2 Å². The number of nitrogens with zero attached hydrogens (tertiary/aromatic N) is 2. The molecular formula is C22H20F2N4O4. The van der Waals surface area contributed by atoms with Crippen molar-refractivity contribution < 1.29 is 27.8 Å². The number of anilines is 1. The van der Waals surface area contributed by atoms with Crippen LogP contribution in [0.5, 0.6) is 5.75 Å². The molecule has 2 N–H and O–H groups in total. The lowest BCUT2D eigenvalue weighted by molar-refractivity contribution is 0.0600. The van der Waals surface area contributed by atoms with E-state index in [-0.39, 0.29) is 23.4 Å². The molecule has 2 amide bonds. The number of carbonyl (C=O) groups excluding carboxylic acids is 2. The minimum absolute atomic E-state index is 0.0107. The van der Waals surface area contributed by atoms with Crippen molar-refractivity contribution in [3.8, 4) is 5.75 Å². The number of amides is 2. The Morgan fingerprint density at radius 1 is 1.22 bits per heavy atom. The van der Waals surface area contributed by atoms with Crippen LogP contribution in [0.2, 0.25) is 0 Å². The topological polar surface area (TPSA) is 96.5 Å². The van der Waals surface area contributed by atoms with Gasteiger partial charge in [-0.2, -0.15) is 0 Å². The fraction of sp³-hybridized carbons (Fsp3) is 0.227. The lowest BCUT2D eigenvalue weighted by atomic mass is 9.95. The van der Waals surface area contributed by atoms with E-state index in [4.69, 9.17) is 9.47 Å². The molecule has 0 unspecified atom stereocenters. The molecule has 0 aliphatic carbocycles. The number of methoxy groups -OCH3 is 2. The van der Waals surface area contributed by atoms with Gasteiger partial charge in [0, 0.05) is 24.2 Å². The number of hydrogen-bond donors (Lipinski definition) is 2. The summed E-state index contributed by atoms with van der Waals surface area (Å²) in [5.41, 5.74) is 1.61. The molecule has 0 spiro atoms. The van der Waals surface area contributed by atoms with Crippen LogP contribution in [0.1, 0.15) is 33.4 Å². The van der Waals surface area contributed by atoms with E-state index in [9.17, 15) is 18.4 Å². The first kappa shape index (κ1) is 21.3. The molecule has 2 heterocycles. The first-order valence-corrected chi connectivity index (χ1v) is 9.74. The number of aromatic nitrogens is 2. The summed E-state index contributed by atoms with van der Waals surface area (Å²) in [6.45, 7) is 0.223. The Kier molecular flexibility index (Phi) is 5.76. The summed E-state index contributed by atoms with van der Waals surface area (Å²) < 4.78 is 38.7. The van der Waals surface area contributed by atoms with E-state index in [0.717, 1.165) is 11.8 Å². The highest BCUT2D eigenvalue weighted by molar-refractivity contribution is 5.95. The van der Waals surface area contributed by atoms with Crippen molar-refractivity contribution in [2.45, 2.75) is 12.5 Å². The summed E-state index contributed by atoms with van der Waals surface area (Å²) in [5, 5.41) is 2.71. The molecule has 1 aliphatic rings. The average Bonchev–Trinajstić information content (AvgIpc) is 3.28. The Labute approximate surface area is 182 Å². The summed E-state index contributed by atoms with van der Waals surface area (Å²) in [4.78, 5) is 33.8. The molecule has 32 heavy (non-hydrogen) atoms. The average molecular weight is 442 g/mol. The summed E-state index contributed by atoms with van der Waals surface area (Å²) in [7, 11) is 2.67. The molecule has 0 radical (unpaired) electrons. The highest BCUT2D eigenvalue weighted by Gasteiger charge is 2.36. The number of aromatic amines is 1. The van der Waals surface area contributed by atoms with E-state index in [2.05, 4.69) is 15.3 Å². The van der Waals surface area contributed by atoms with E-state index in [1.54, 1.807) is 0 Å². The summed E-state index contributed by atoms with van der Waals surface area (Å²) >= 11 is 0. The Bertz CT molecular complexity index is 1180. The molecule has 0 fully saturated rings. The Morgan fingerprint density at radius 3 is 2.78 bits per heavy atom. The number of benzene rings is 2. The van der Waals surface area contributed by atoms with E-state index < -0.39 is 29.7 Å². The lowest BCUT2D eigenvalue weighted by Crippen LogP contribution is -2.43. The maximum absolute atomic E-state index is 14.7. The second kappa shape index (κ2) is 8.66. The molecule has 2 aromatic carbocycles. The van der Waals surface area contributed by atoms with Gasteiger partial charge >= 0.3 is 12.0 Å². The van der Waals surface area contributed by atoms with Crippen molar-refractivity contribution in [1.82, 2.24) is 14.9 Å². The number of esters is 1. The van der Waals surface area contributed by atoms with Gasteiger partial charge in [0.1, 0.15) is 11.8 Å². The van der Waals surface area contributed by atoms with Crippen molar-refractivity contribution in [3.63, 3.8) is 0 Å². The second-order valence-electron chi connectivity index (χ2n) is 7.09. The van der Waals surface area contributed by atoms with Crippen molar-refractivity contribution >= 4 is 17.7 Å². The Balaban J connectivity index is 1.71. The fourth-order valence-electron chi connectivity index (χ4n) is 3.78. The van der Waals surface area contributed by atoms with Crippen LogP contribution < -0.4 is 10.1 Å². The van der Waals surface area contributed by atoms with Crippen LogP contribution in [0, 0.1) is 11.6 Å². The highest BCUT2D eigenvalue weighted by Crippen LogP contribution is 2.36. The van der Waals surface area contributed by atoms with Crippen LogP contribution >= 0.6 is 0 Å². The van der Waals surface area contributed by atoms with Crippen molar-refractivity contribution in [2.75, 3.05) is 26.1 Å². The van der Waals surface area contributed by atoms with Gasteiger partial charge in [-0.1, -0.05) is 12.1 Å². The molecule has 1 aliphatic heterocycles. The monoisotopic (exact) mass is 442 g/mol. The molecule has 8 nitrogen and oxygen atoms in total. The van der Waals surface area contributed by atoms with Crippen LogP contribution in [0.15, 0.2) is 42.7 Å². The van der Waals surface area contributed by atoms with Crippen LogP contribution in [0.3, 0.4) is 0 Å². The number of carbonyl (C=O) groups is 2. The predicted molar refractivity (Wildman–Crippen MR) is 111 cm³/mol. The SMILES string of the molecule is COC(=O)c1ccc(OC)c(NC(=O)N2CCc3[nH]cnc3[C@@H]2c2cccc(F)c2F)c1. The van der Waals surface area contributed by atoms with Gasteiger partial charge in [0.2, 0.25) is 0 Å². The molecule has 0 saturated heterocycles. The number of imidazole rings is 1. The quantitative estimate of drug-likeness (QED) is 0.601. The smallest absolute Gasteiger partial charge is 0.337 e. The molecule has 10 heteroatoms. The van der Waals surface area contributed by atoms with Gasteiger partial charge in [-0.3, -0.25) is 0 Å². The van der Waals surface area contributed by atoms with Gasteiger partial charge in [-0.05, 0) is 24.3 Å². The van der Waals surface area contributed by atoms with E-state index in [0.29, 0.717) is 17.9 Å². The molecule has 0 saturated carbocycles. The summed E-state index contributed by atoms with van der Waals surface area (Å²) in [6, 6.07) is 6.73. The number of rotatable bonds is 4. The van der Waals surface area contributed by atoms with Gasteiger partial charge in [-0.15, -0.1) is 0 Å². The number of urea groups is 1. The fourth-order valence-corrected chi connectivity index (χ4v) is 3.78. The highest BCUT2D eigenvalue weighted by atomic mass is 19.2. The van der Waals surface area contributed by atoms with Gasteiger partial charge in [0.05, 0.1) is 37.5 Å². The normalized spacial score (nSPS) is 15.1. The molecule has 1 aromatic heterocycles. The Hall–Kier alpha value is -3.95. The van der Waals surface area contributed by atoms with Gasteiger partial charge in [0.15, 0.2) is 11.6 Å². The minimum Gasteiger partial charge on any atom is -0.495 e. The largest absolute Gasteiger partial charge is 0.495 e. The second-order valence-corrected chi connectivity index (χ2v) is 7.09. The van der Waals surface area contributed by atoms with Gasteiger partial charge in [-0.25, -0.2) is 23.4 Å². The third-order valence-electron chi connectivity index (χ3n) is 5.32. The van der Waals surface area contributed by atoms with Gasteiger partial charge < -0.3 is 24.7 Å². The van der Waals surface area contributed by atoms with E-state index >= 15 is 0 Å². The molecule has 3 aromatic rings. The number of fused-ring (bicyclic) bond motifs is 1. The number of nitrogens with one attached hydrogen (secondary N) is 2. The number of hydrogen-bond acceptors (Lipinski definition) is 5. The first-order chi connectivity index (χ1) is 15.4. The molecule has 0 bridgehead atoms. The first-order valence-electron chi connectivity index (χ1n) is 9.74. The van der Waals surface area contributed by atoms with E-state index in [1.165, 1.54) is 55.8 Å².